The van der Waals surface area contributed by atoms with Gasteiger partial charge in [0.05, 0.1) is 6.54 Å². The van der Waals surface area contributed by atoms with Crippen molar-refractivity contribution in [3.8, 4) is 5.75 Å². The molecule has 2 atom stereocenters. The van der Waals surface area contributed by atoms with Crippen LogP contribution in [0.3, 0.4) is 0 Å². The summed E-state index contributed by atoms with van der Waals surface area (Å²) < 4.78 is 19.0. The first-order valence-electron chi connectivity index (χ1n) is 8.74. The Kier molecular flexibility index (Phi) is 4.47. The molecule has 6 heteroatoms. The third kappa shape index (κ3) is 3.48. The lowest BCUT2D eigenvalue weighted by Gasteiger charge is -2.43. The fourth-order valence-corrected chi connectivity index (χ4v) is 4.52. The number of para-hydroxylation sites is 1. The van der Waals surface area contributed by atoms with Crippen LogP contribution in [-0.4, -0.2) is 35.5 Å². The highest BCUT2D eigenvalue weighted by molar-refractivity contribution is 6.07. The zero-order valence-corrected chi connectivity index (χ0v) is 15.0. The van der Waals surface area contributed by atoms with Crippen LogP contribution >= 0.6 is 0 Å². The Balaban J connectivity index is 1.66. The quantitative estimate of drug-likeness (QED) is 0.849. The highest BCUT2D eigenvalue weighted by Crippen LogP contribution is 2.46. The monoisotopic (exact) mass is 348 g/mol. The molecular formula is C19H25FN2O3. The summed E-state index contributed by atoms with van der Waals surface area (Å²) >= 11 is 0. The van der Waals surface area contributed by atoms with E-state index in [0.29, 0.717) is 18.8 Å². The van der Waals surface area contributed by atoms with Gasteiger partial charge in [0.1, 0.15) is 12.1 Å². The molecule has 1 aromatic carbocycles. The zero-order valence-electron chi connectivity index (χ0n) is 15.0. The first-order valence-corrected chi connectivity index (χ1v) is 8.74. The van der Waals surface area contributed by atoms with Gasteiger partial charge in [0, 0.05) is 0 Å². The van der Waals surface area contributed by atoms with Crippen LogP contribution in [0, 0.1) is 17.2 Å². The molecule has 3 rings (SSSR count). The molecule has 1 saturated heterocycles. The molecule has 3 amide bonds. The zero-order chi connectivity index (χ0) is 18.2. The molecule has 25 heavy (non-hydrogen) atoms. The van der Waals surface area contributed by atoms with E-state index >= 15 is 0 Å². The van der Waals surface area contributed by atoms with Crippen molar-refractivity contribution in [3.05, 3.63) is 30.1 Å². The molecule has 5 nitrogen and oxygen atoms in total. The average molecular weight is 348 g/mol. The Morgan fingerprint density at radius 3 is 2.68 bits per heavy atom. The van der Waals surface area contributed by atoms with Gasteiger partial charge in [-0.05, 0) is 42.7 Å². The van der Waals surface area contributed by atoms with E-state index in [4.69, 9.17) is 4.74 Å². The third-order valence-corrected chi connectivity index (χ3v) is 5.03. The highest BCUT2D eigenvalue weighted by Gasteiger charge is 2.55. The number of hydrogen-bond donors (Lipinski definition) is 1. The first kappa shape index (κ1) is 17.7. The van der Waals surface area contributed by atoms with Crippen molar-refractivity contribution < 1.29 is 18.7 Å². The van der Waals surface area contributed by atoms with E-state index in [9.17, 15) is 14.0 Å². The fourth-order valence-electron chi connectivity index (χ4n) is 4.52. The molecule has 2 fully saturated rings. The number of hydrogen-bond acceptors (Lipinski definition) is 3. The number of carbonyl (C=O) groups is 2. The van der Waals surface area contributed by atoms with E-state index < -0.39 is 11.4 Å². The maximum absolute atomic E-state index is 13.6. The number of imide groups is 1. The molecule has 0 radical (unpaired) electrons. The van der Waals surface area contributed by atoms with Crippen molar-refractivity contribution in [3.63, 3.8) is 0 Å². The summed E-state index contributed by atoms with van der Waals surface area (Å²) in [5.41, 5.74) is -0.809. The lowest BCUT2D eigenvalue weighted by atomic mass is 9.64. The van der Waals surface area contributed by atoms with E-state index in [1.807, 2.05) is 0 Å². The smallest absolute Gasteiger partial charge is 0.325 e. The lowest BCUT2D eigenvalue weighted by molar-refractivity contribution is -0.135. The van der Waals surface area contributed by atoms with Gasteiger partial charge in [0.15, 0.2) is 11.6 Å². The predicted octanol–water partition coefficient (Wildman–Crippen LogP) is 3.34. The minimum absolute atomic E-state index is 0.000282. The molecule has 1 aliphatic carbocycles. The summed E-state index contributed by atoms with van der Waals surface area (Å²) in [4.78, 5) is 26.5. The predicted molar refractivity (Wildman–Crippen MR) is 91.7 cm³/mol. The van der Waals surface area contributed by atoms with E-state index in [1.54, 1.807) is 12.1 Å². The number of nitrogens with one attached hydrogen (secondary N) is 1. The van der Waals surface area contributed by atoms with Gasteiger partial charge >= 0.3 is 6.03 Å². The number of urea groups is 1. The first-order chi connectivity index (χ1) is 11.7. The summed E-state index contributed by atoms with van der Waals surface area (Å²) in [7, 11) is 0. The van der Waals surface area contributed by atoms with Crippen LogP contribution in [-0.2, 0) is 4.79 Å². The van der Waals surface area contributed by atoms with Crippen LogP contribution in [0.25, 0.3) is 0 Å². The van der Waals surface area contributed by atoms with Crippen molar-refractivity contribution in [2.75, 3.05) is 13.2 Å². The standard InChI is InChI=1S/C19H25FN2O3/c1-13-10-18(2,3)12-19(11-13)16(23)22(17(24)21-19)8-9-25-15-7-5-4-6-14(15)20/h4-7,13H,8-12H2,1-3H3,(H,21,24)/t13-,19+/m1/s1. The normalized spacial score (nSPS) is 28.3. The molecule has 0 bridgehead atoms. The molecule has 1 spiro atoms. The maximum Gasteiger partial charge on any atom is 0.325 e. The van der Waals surface area contributed by atoms with Crippen molar-refractivity contribution >= 4 is 11.9 Å². The van der Waals surface area contributed by atoms with E-state index in [1.165, 1.54) is 17.0 Å². The van der Waals surface area contributed by atoms with Crippen molar-refractivity contribution in [1.82, 2.24) is 10.2 Å². The second kappa shape index (κ2) is 6.32. The lowest BCUT2D eigenvalue weighted by Crippen LogP contribution is -2.54. The number of nitrogens with zero attached hydrogens (tertiary/aromatic N) is 1. The van der Waals surface area contributed by atoms with Crippen LogP contribution in [0.4, 0.5) is 9.18 Å². The van der Waals surface area contributed by atoms with Gasteiger partial charge in [-0.15, -0.1) is 0 Å². The van der Waals surface area contributed by atoms with Gasteiger partial charge in [-0.2, -0.15) is 0 Å². The SMILES string of the molecule is C[C@@H]1CC(C)(C)C[C@]2(C1)NC(=O)N(CCOc1ccccc1F)C2=O. The number of carbonyl (C=O) groups excluding carboxylic acids is 2. The Bertz CT molecular complexity index is 691. The van der Waals surface area contributed by atoms with Crippen LogP contribution in [0.2, 0.25) is 0 Å². The molecule has 1 N–H and O–H groups in total. The molecule has 1 heterocycles. The van der Waals surface area contributed by atoms with Crippen molar-refractivity contribution in [1.29, 1.82) is 0 Å². The molecule has 1 saturated carbocycles. The maximum atomic E-state index is 13.6. The number of rotatable bonds is 4. The van der Waals surface area contributed by atoms with Crippen LogP contribution in [0.15, 0.2) is 24.3 Å². The van der Waals surface area contributed by atoms with E-state index in [-0.39, 0.29) is 36.3 Å². The van der Waals surface area contributed by atoms with Crippen LogP contribution in [0.5, 0.6) is 5.75 Å². The molecule has 0 aromatic heterocycles. The van der Waals surface area contributed by atoms with Gasteiger partial charge in [-0.1, -0.05) is 32.9 Å². The van der Waals surface area contributed by atoms with Gasteiger partial charge < -0.3 is 10.1 Å². The fraction of sp³-hybridized carbons (Fsp3) is 0.579. The van der Waals surface area contributed by atoms with Gasteiger partial charge in [-0.25, -0.2) is 9.18 Å². The second-order valence-electron chi connectivity index (χ2n) is 8.10. The van der Waals surface area contributed by atoms with Gasteiger partial charge in [0.2, 0.25) is 0 Å². The summed E-state index contributed by atoms with van der Waals surface area (Å²) in [5.74, 6) is -0.160. The molecular weight excluding hydrogens is 323 g/mol. The molecule has 0 unspecified atom stereocenters. The Labute approximate surface area is 147 Å². The average Bonchev–Trinajstić information content (AvgIpc) is 2.70. The largest absolute Gasteiger partial charge is 0.489 e. The number of halogens is 1. The molecule has 1 aromatic rings. The van der Waals surface area contributed by atoms with Crippen LogP contribution < -0.4 is 10.1 Å². The minimum atomic E-state index is -0.809. The summed E-state index contributed by atoms with van der Waals surface area (Å²) in [6.07, 6.45) is 2.33. The minimum Gasteiger partial charge on any atom is -0.489 e. The van der Waals surface area contributed by atoms with Crippen molar-refractivity contribution in [2.45, 2.75) is 45.6 Å². The van der Waals surface area contributed by atoms with E-state index in [0.717, 1.165) is 6.42 Å². The van der Waals surface area contributed by atoms with E-state index in [2.05, 4.69) is 26.1 Å². The number of ether oxygens (including phenoxy) is 1. The number of amides is 3. The third-order valence-electron chi connectivity index (χ3n) is 5.03. The Morgan fingerprint density at radius 1 is 1.28 bits per heavy atom. The molecule has 2 aliphatic rings. The summed E-state index contributed by atoms with van der Waals surface area (Å²) in [6, 6.07) is 5.70. The molecule has 1 aliphatic heterocycles. The summed E-state index contributed by atoms with van der Waals surface area (Å²) in [6.45, 7) is 6.55. The number of benzene rings is 1. The Morgan fingerprint density at radius 2 is 2.00 bits per heavy atom. The van der Waals surface area contributed by atoms with Gasteiger partial charge in [-0.3, -0.25) is 9.69 Å². The van der Waals surface area contributed by atoms with Gasteiger partial charge in [0.25, 0.3) is 5.91 Å². The summed E-state index contributed by atoms with van der Waals surface area (Å²) in [5, 5.41) is 2.92. The molecule has 136 valence electrons. The van der Waals surface area contributed by atoms with Crippen LogP contribution in [0.1, 0.15) is 40.0 Å². The highest BCUT2D eigenvalue weighted by atomic mass is 19.1. The second-order valence-corrected chi connectivity index (χ2v) is 8.10. The topological polar surface area (TPSA) is 58.6 Å². The Hall–Kier alpha value is -2.11. The van der Waals surface area contributed by atoms with Crippen molar-refractivity contribution in [2.24, 2.45) is 11.3 Å².